The maximum absolute atomic E-state index is 13.3. The van der Waals surface area contributed by atoms with Crippen molar-refractivity contribution in [1.29, 1.82) is 0 Å². The lowest BCUT2D eigenvalue weighted by Crippen LogP contribution is -2.49. The van der Waals surface area contributed by atoms with Gasteiger partial charge in [-0.05, 0) is 44.6 Å². The van der Waals surface area contributed by atoms with Crippen LogP contribution in [0.4, 0.5) is 0 Å². The highest BCUT2D eigenvalue weighted by atomic mass is 32.2. The van der Waals surface area contributed by atoms with E-state index < -0.39 is 10.0 Å². The molecule has 2 aliphatic rings. The van der Waals surface area contributed by atoms with E-state index in [1.54, 1.807) is 0 Å². The van der Waals surface area contributed by atoms with E-state index in [0.717, 1.165) is 19.3 Å². The molecule has 25 heavy (non-hydrogen) atoms. The minimum absolute atomic E-state index is 0.0650. The highest BCUT2D eigenvalue weighted by Gasteiger charge is 2.38. The van der Waals surface area contributed by atoms with Crippen LogP contribution in [0.5, 0.6) is 0 Å². The van der Waals surface area contributed by atoms with Gasteiger partial charge >= 0.3 is 0 Å². The molecule has 3 rings (SSSR count). The zero-order valence-electron chi connectivity index (χ0n) is 15.1. The molecule has 0 bridgehead atoms. The van der Waals surface area contributed by atoms with Crippen molar-refractivity contribution in [2.24, 2.45) is 5.92 Å². The molecular formula is C19H28N2O3S. The van der Waals surface area contributed by atoms with Crippen LogP contribution in [0.25, 0.3) is 0 Å². The van der Waals surface area contributed by atoms with Crippen LogP contribution in [0.2, 0.25) is 0 Å². The SMILES string of the molecule is C[C@@H]1CCC[C@H](c2ccccc2)N1C(=O)C1CCN(S(C)(=O)=O)CC1. The Hall–Kier alpha value is -1.40. The van der Waals surface area contributed by atoms with Gasteiger partial charge in [0, 0.05) is 25.0 Å². The molecule has 2 heterocycles. The standard InChI is InChI=1S/C19H28N2O3S/c1-15-7-6-10-18(16-8-4-3-5-9-16)21(15)19(22)17-11-13-20(14-12-17)25(2,23)24/h3-5,8-9,15,17-18H,6-7,10-14H2,1-2H3/t15-,18-/m1/s1. The number of carbonyl (C=O) groups is 1. The lowest BCUT2D eigenvalue weighted by Gasteiger charge is -2.43. The van der Waals surface area contributed by atoms with E-state index in [1.807, 2.05) is 18.2 Å². The van der Waals surface area contributed by atoms with Crippen molar-refractivity contribution in [2.45, 2.75) is 51.1 Å². The van der Waals surface area contributed by atoms with Crippen LogP contribution in [0, 0.1) is 5.92 Å². The second-order valence-corrected chi connectivity index (χ2v) is 9.37. The van der Waals surface area contributed by atoms with E-state index in [0.29, 0.717) is 25.9 Å². The van der Waals surface area contributed by atoms with Crippen LogP contribution in [-0.2, 0) is 14.8 Å². The van der Waals surface area contributed by atoms with Crippen LogP contribution >= 0.6 is 0 Å². The number of carbonyl (C=O) groups excluding carboxylic acids is 1. The van der Waals surface area contributed by atoms with Crippen molar-refractivity contribution in [1.82, 2.24) is 9.21 Å². The van der Waals surface area contributed by atoms with Gasteiger partial charge in [-0.15, -0.1) is 0 Å². The van der Waals surface area contributed by atoms with E-state index in [4.69, 9.17) is 0 Å². The summed E-state index contributed by atoms with van der Waals surface area (Å²) in [6.07, 6.45) is 5.66. The van der Waals surface area contributed by atoms with Crippen molar-refractivity contribution in [3.63, 3.8) is 0 Å². The number of piperidine rings is 2. The number of hydrogen-bond donors (Lipinski definition) is 0. The van der Waals surface area contributed by atoms with Gasteiger partial charge in [0.2, 0.25) is 15.9 Å². The lowest BCUT2D eigenvalue weighted by atomic mass is 9.88. The summed E-state index contributed by atoms with van der Waals surface area (Å²) in [6.45, 7) is 3.04. The second-order valence-electron chi connectivity index (χ2n) is 7.39. The first-order valence-corrected chi connectivity index (χ1v) is 11.0. The predicted octanol–water partition coefficient (Wildman–Crippen LogP) is 2.80. The maximum atomic E-state index is 13.3. The molecule has 2 fully saturated rings. The molecule has 0 saturated carbocycles. The van der Waals surface area contributed by atoms with E-state index in [-0.39, 0.29) is 23.9 Å². The molecule has 0 spiro atoms. The Morgan fingerprint density at radius 3 is 2.28 bits per heavy atom. The quantitative estimate of drug-likeness (QED) is 0.829. The molecule has 6 heteroatoms. The first-order valence-electron chi connectivity index (χ1n) is 9.20. The Morgan fingerprint density at radius 2 is 1.68 bits per heavy atom. The molecule has 0 unspecified atom stereocenters. The molecule has 1 aromatic rings. The monoisotopic (exact) mass is 364 g/mol. The van der Waals surface area contributed by atoms with Crippen molar-refractivity contribution in [2.75, 3.05) is 19.3 Å². The maximum Gasteiger partial charge on any atom is 0.226 e. The van der Waals surface area contributed by atoms with E-state index in [2.05, 4.69) is 24.0 Å². The summed E-state index contributed by atoms with van der Waals surface area (Å²) >= 11 is 0. The third-order valence-corrected chi connectivity index (χ3v) is 6.92. The summed E-state index contributed by atoms with van der Waals surface area (Å²) in [4.78, 5) is 15.3. The van der Waals surface area contributed by atoms with Crippen molar-refractivity contribution < 1.29 is 13.2 Å². The van der Waals surface area contributed by atoms with Gasteiger partial charge < -0.3 is 4.90 Å². The van der Waals surface area contributed by atoms with Gasteiger partial charge in [0.05, 0.1) is 12.3 Å². The minimum atomic E-state index is -3.16. The van der Waals surface area contributed by atoms with Gasteiger partial charge in [0.25, 0.3) is 0 Å². The number of hydrogen-bond acceptors (Lipinski definition) is 3. The first kappa shape index (κ1) is 18.4. The zero-order valence-corrected chi connectivity index (χ0v) is 15.9. The van der Waals surface area contributed by atoms with Crippen molar-refractivity contribution in [3.05, 3.63) is 35.9 Å². The third kappa shape index (κ3) is 4.06. The molecule has 0 N–H and O–H groups in total. The summed E-state index contributed by atoms with van der Waals surface area (Å²) in [7, 11) is -3.16. The Kier molecular flexibility index (Phi) is 5.49. The molecule has 5 nitrogen and oxygen atoms in total. The lowest BCUT2D eigenvalue weighted by molar-refractivity contribution is -0.143. The summed E-state index contributed by atoms with van der Waals surface area (Å²) in [5, 5.41) is 0. The molecule has 1 amide bonds. The summed E-state index contributed by atoms with van der Waals surface area (Å²) in [5.41, 5.74) is 1.20. The number of rotatable bonds is 3. The van der Waals surface area contributed by atoms with E-state index in [9.17, 15) is 13.2 Å². The molecule has 0 aliphatic carbocycles. The Morgan fingerprint density at radius 1 is 1.04 bits per heavy atom. The van der Waals surface area contributed by atoms with E-state index in [1.165, 1.54) is 16.1 Å². The Labute approximate surface area is 151 Å². The molecule has 138 valence electrons. The summed E-state index contributed by atoms with van der Waals surface area (Å²) < 4.78 is 24.9. The number of likely N-dealkylation sites (tertiary alicyclic amines) is 1. The van der Waals surface area contributed by atoms with Crippen LogP contribution in [0.3, 0.4) is 0 Å². The van der Waals surface area contributed by atoms with Gasteiger partial charge in [-0.3, -0.25) is 4.79 Å². The van der Waals surface area contributed by atoms with Crippen LogP contribution in [-0.4, -0.2) is 48.9 Å². The smallest absolute Gasteiger partial charge is 0.226 e. The zero-order chi connectivity index (χ0) is 18.0. The molecule has 0 aromatic heterocycles. The van der Waals surface area contributed by atoms with Crippen molar-refractivity contribution in [3.8, 4) is 0 Å². The van der Waals surface area contributed by atoms with Gasteiger partial charge in [-0.2, -0.15) is 0 Å². The number of sulfonamides is 1. The molecular weight excluding hydrogens is 336 g/mol. The van der Waals surface area contributed by atoms with E-state index >= 15 is 0 Å². The summed E-state index contributed by atoms with van der Waals surface area (Å²) in [6, 6.07) is 10.7. The minimum Gasteiger partial charge on any atom is -0.333 e. The van der Waals surface area contributed by atoms with Crippen molar-refractivity contribution >= 4 is 15.9 Å². The topological polar surface area (TPSA) is 57.7 Å². The molecule has 2 aliphatic heterocycles. The fraction of sp³-hybridized carbons (Fsp3) is 0.632. The largest absolute Gasteiger partial charge is 0.333 e. The average Bonchev–Trinajstić information content (AvgIpc) is 2.61. The second kappa shape index (κ2) is 7.46. The molecule has 2 atom stereocenters. The van der Waals surface area contributed by atoms with Crippen LogP contribution in [0.15, 0.2) is 30.3 Å². The van der Waals surface area contributed by atoms with Gasteiger partial charge in [-0.1, -0.05) is 30.3 Å². The van der Waals surface area contributed by atoms with Gasteiger partial charge in [0.15, 0.2) is 0 Å². The molecule has 1 aromatic carbocycles. The van der Waals surface area contributed by atoms with Crippen LogP contribution in [0.1, 0.15) is 50.6 Å². The summed E-state index contributed by atoms with van der Waals surface area (Å²) in [5.74, 6) is 0.138. The normalized spacial score (nSPS) is 26.6. The number of amides is 1. The van der Waals surface area contributed by atoms with Gasteiger partial charge in [-0.25, -0.2) is 12.7 Å². The van der Waals surface area contributed by atoms with Gasteiger partial charge in [0.1, 0.15) is 0 Å². The average molecular weight is 365 g/mol. The fourth-order valence-electron chi connectivity index (χ4n) is 4.21. The molecule has 2 saturated heterocycles. The highest BCUT2D eigenvalue weighted by Crippen LogP contribution is 2.36. The molecule has 0 radical (unpaired) electrons. The fourth-order valence-corrected chi connectivity index (χ4v) is 5.08. The third-order valence-electron chi connectivity index (χ3n) is 5.62. The number of benzene rings is 1. The highest BCUT2D eigenvalue weighted by molar-refractivity contribution is 7.88. The Bertz CT molecular complexity index is 697. The number of nitrogens with zero attached hydrogens (tertiary/aromatic N) is 2. The van der Waals surface area contributed by atoms with Crippen LogP contribution < -0.4 is 0 Å². The predicted molar refractivity (Wildman–Crippen MR) is 98.5 cm³/mol. The first-order chi connectivity index (χ1) is 11.9. The Balaban J connectivity index is 1.75.